The number of carbonyl (C=O) groups excluding carboxylic acids is 1. The lowest BCUT2D eigenvalue weighted by molar-refractivity contribution is -0.137. The molecule has 0 radical (unpaired) electrons. The molecule has 16 nitrogen and oxygen atoms in total. The average Bonchev–Trinajstić information content (AvgIpc) is 3.85. The first-order valence-electron chi connectivity index (χ1n) is 14.4. The smallest absolute Gasteiger partial charge is 0.416 e. The molecular weight excluding hydrogens is 675 g/mol. The molecule has 0 atom stereocenters. The standard InChI is InChI=1S/C20H13F3N6O3.C12H9N5O2/c21-20(22,23)12-4-6-13(7-5-12)27-19(30)28-14-2-1-3-15(8-14)32-17-9-16(24-10-25-17)18-29-26-11-31-18;13-8-2-1-3-9(4-8)19-11-5-10(14-6-15-11)12-17-16-7-18-12/h1-11H,(H2,27,28,30);1-7H,13H2. The maximum Gasteiger partial charge on any atom is 0.416 e. The Labute approximate surface area is 284 Å². The molecule has 0 spiro atoms. The van der Waals surface area contributed by atoms with Gasteiger partial charge in [0.15, 0.2) is 0 Å². The highest BCUT2D eigenvalue weighted by Gasteiger charge is 2.30. The second-order valence-corrected chi connectivity index (χ2v) is 9.93. The number of benzene rings is 3. The molecule has 256 valence electrons. The molecule has 4 N–H and O–H groups in total. The number of rotatable bonds is 8. The van der Waals surface area contributed by atoms with Gasteiger partial charge in [-0.25, -0.2) is 24.7 Å². The maximum atomic E-state index is 12.6. The van der Waals surface area contributed by atoms with E-state index in [1.165, 1.54) is 31.5 Å². The number of hydrogen-bond acceptors (Lipinski definition) is 14. The summed E-state index contributed by atoms with van der Waals surface area (Å²) in [5, 5.41) is 19.7. The van der Waals surface area contributed by atoms with Gasteiger partial charge >= 0.3 is 12.2 Å². The number of nitrogens with two attached hydrogens (primary N) is 1. The number of amides is 2. The zero-order valence-electron chi connectivity index (χ0n) is 25.7. The van der Waals surface area contributed by atoms with Gasteiger partial charge in [-0.15, -0.1) is 20.4 Å². The van der Waals surface area contributed by atoms with E-state index in [9.17, 15) is 18.0 Å². The Hall–Kier alpha value is -7.44. The van der Waals surface area contributed by atoms with Gasteiger partial charge in [-0.3, -0.25) is 0 Å². The molecule has 2 amide bonds. The summed E-state index contributed by atoms with van der Waals surface area (Å²) in [4.78, 5) is 28.3. The van der Waals surface area contributed by atoms with Gasteiger partial charge in [-0.1, -0.05) is 12.1 Å². The number of hydrogen-bond donors (Lipinski definition) is 3. The van der Waals surface area contributed by atoms with Crippen LogP contribution < -0.4 is 25.8 Å². The van der Waals surface area contributed by atoms with Gasteiger partial charge in [-0.2, -0.15) is 13.2 Å². The van der Waals surface area contributed by atoms with Crippen molar-refractivity contribution >= 4 is 23.1 Å². The Balaban J connectivity index is 0.000000200. The van der Waals surface area contributed by atoms with Gasteiger partial charge < -0.3 is 34.7 Å². The van der Waals surface area contributed by atoms with Crippen molar-refractivity contribution < 1.29 is 36.3 Å². The summed E-state index contributed by atoms with van der Waals surface area (Å²) in [6.45, 7) is 0. The van der Waals surface area contributed by atoms with E-state index < -0.39 is 17.8 Å². The maximum absolute atomic E-state index is 12.6. The van der Waals surface area contributed by atoms with E-state index in [2.05, 4.69) is 51.0 Å². The highest BCUT2D eigenvalue weighted by Crippen LogP contribution is 2.30. The second-order valence-electron chi connectivity index (χ2n) is 9.93. The molecule has 0 bridgehead atoms. The Kier molecular flexibility index (Phi) is 9.97. The lowest BCUT2D eigenvalue weighted by Crippen LogP contribution is -2.19. The molecule has 7 rings (SSSR count). The SMILES string of the molecule is Nc1cccc(Oc2cc(-c3nnco3)ncn2)c1.O=C(Nc1ccc(C(F)(F)F)cc1)Nc1cccc(Oc2cc(-c3nnco3)ncn2)c1. The van der Waals surface area contributed by atoms with E-state index >= 15 is 0 Å². The van der Waals surface area contributed by atoms with Crippen LogP contribution in [0.15, 0.2) is 119 Å². The van der Waals surface area contributed by atoms with Gasteiger partial charge in [0.25, 0.3) is 11.8 Å². The summed E-state index contributed by atoms with van der Waals surface area (Å²) in [7, 11) is 0. The normalized spacial score (nSPS) is 10.8. The van der Waals surface area contributed by atoms with Crippen LogP contribution in [0.1, 0.15) is 5.56 Å². The molecule has 0 aliphatic heterocycles. The van der Waals surface area contributed by atoms with Crippen LogP contribution >= 0.6 is 0 Å². The Morgan fingerprint density at radius 2 is 1.22 bits per heavy atom. The fourth-order valence-corrected chi connectivity index (χ4v) is 4.09. The number of carbonyl (C=O) groups is 1. The van der Waals surface area contributed by atoms with Crippen molar-refractivity contribution in [2.24, 2.45) is 0 Å². The summed E-state index contributed by atoms with van der Waals surface area (Å²) in [5.41, 5.74) is 6.94. The molecule has 0 aliphatic carbocycles. The van der Waals surface area contributed by atoms with E-state index in [1.807, 2.05) is 0 Å². The topological polar surface area (TPSA) is 215 Å². The lowest BCUT2D eigenvalue weighted by Gasteiger charge is -2.11. The average molecular weight is 698 g/mol. The Bertz CT molecular complexity index is 2200. The number of ether oxygens (including phenoxy) is 2. The van der Waals surface area contributed by atoms with Crippen LogP contribution in [-0.2, 0) is 6.18 Å². The quantitative estimate of drug-likeness (QED) is 0.138. The highest BCUT2D eigenvalue weighted by molar-refractivity contribution is 5.99. The first-order chi connectivity index (χ1) is 24.7. The molecule has 3 aromatic carbocycles. The molecule has 0 fully saturated rings. The number of urea groups is 1. The molecule has 4 aromatic heterocycles. The zero-order chi connectivity index (χ0) is 35.6. The van der Waals surface area contributed by atoms with Crippen molar-refractivity contribution in [1.29, 1.82) is 0 Å². The first kappa shape index (κ1) is 33.5. The zero-order valence-corrected chi connectivity index (χ0v) is 25.7. The van der Waals surface area contributed by atoms with E-state index in [0.29, 0.717) is 46.0 Å². The van der Waals surface area contributed by atoms with Gasteiger partial charge in [0.2, 0.25) is 24.5 Å². The predicted molar refractivity (Wildman–Crippen MR) is 172 cm³/mol. The van der Waals surface area contributed by atoms with Crippen molar-refractivity contribution in [3.8, 4) is 46.4 Å². The Morgan fingerprint density at radius 1 is 0.667 bits per heavy atom. The first-order valence-corrected chi connectivity index (χ1v) is 14.4. The summed E-state index contributed by atoms with van der Waals surface area (Å²) in [6.07, 6.45) is 0.589. The van der Waals surface area contributed by atoms with Crippen LogP contribution in [0.5, 0.6) is 23.3 Å². The molecule has 0 saturated heterocycles. The number of alkyl halides is 3. The summed E-state index contributed by atoms with van der Waals surface area (Å²) < 4.78 is 59.3. The molecule has 0 saturated carbocycles. The Morgan fingerprint density at radius 3 is 1.75 bits per heavy atom. The van der Waals surface area contributed by atoms with Crippen LogP contribution in [0, 0.1) is 0 Å². The van der Waals surface area contributed by atoms with Crippen LogP contribution in [0.4, 0.5) is 35.0 Å². The largest absolute Gasteiger partial charge is 0.439 e. The van der Waals surface area contributed by atoms with E-state index in [1.54, 1.807) is 54.6 Å². The van der Waals surface area contributed by atoms with Crippen molar-refractivity contribution in [2.75, 3.05) is 16.4 Å². The van der Waals surface area contributed by atoms with Gasteiger partial charge in [-0.05, 0) is 48.5 Å². The minimum Gasteiger partial charge on any atom is -0.439 e. The van der Waals surface area contributed by atoms with E-state index in [0.717, 1.165) is 24.3 Å². The third-order valence-electron chi connectivity index (χ3n) is 6.31. The minimum absolute atomic E-state index is 0.201. The van der Waals surface area contributed by atoms with Crippen LogP contribution in [0.3, 0.4) is 0 Å². The van der Waals surface area contributed by atoms with Crippen LogP contribution in [-0.4, -0.2) is 46.4 Å². The molecular formula is C32H22F3N11O5. The lowest BCUT2D eigenvalue weighted by atomic mass is 10.2. The number of halogens is 3. The number of aromatic nitrogens is 8. The van der Waals surface area contributed by atoms with Crippen molar-refractivity contribution in [2.45, 2.75) is 6.18 Å². The third kappa shape index (κ3) is 9.34. The van der Waals surface area contributed by atoms with Crippen LogP contribution in [0.25, 0.3) is 23.2 Å². The fourth-order valence-electron chi connectivity index (χ4n) is 4.09. The molecule has 19 heteroatoms. The summed E-state index contributed by atoms with van der Waals surface area (Å²) in [6, 6.07) is 20.1. The molecule has 51 heavy (non-hydrogen) atoms. The van der Waals surface area contributed by atoms with Gasteiger partial charge in [0.05, 0.1) is 5.56 Å². The summed E-state index contributed by atoms with van der Waals surface area (Å²) >= 11 is 0. The minimum atomic E-state index is -4.45. The monoisotopic (exact) mass is 697 g/mol. The number of nitrogen functional groups attached to an aromatic ring is 1. The van der Waals surface area contributed by atoms with Gasteiger partial charge in [0, 0.05) is 41.3 Å². The van der Waals surface area contributed by atoms with E-state index in [-0.39, 0.29) is 17.5 Å². The van der Waals surface area contributed by atoms with Gasteiger partial charge in [0.1, 0.15) is 35.5 Å². The van der Waals surface area contributed by atoms with Crippen molar-refractivity contribution in [3.63, 3.8) is 0 Å². The summed E-state index contributed by atoms with van der Waals surface area (Å²) in [5.74, 6) is 2.04. The van der Waals surface area contributed by atoms with E-state index in [4.69, 9.17) is 24.0 Å². The molecule has 4 heterocycles. The number of nitrogens with one attached hydrogen (secondary N) is 2. The number of nitrogens with zero attached hydrogens (tertiary/aromatic N) is 8. The predicted octanol–water partition coefficient (Wildman–Crippen LogP) is 6.88. The second kappa shape index (κ2) is 15.2. The third-order valence-corrected chi connectivity index (χ3v) is 6.31. The number of anilines is 3. The molecule has 0 aliphatic rings. The molecule has 0 unspecified atom stereocenters. The van der Waals surface area contributed by atoms with Crippen LogP contribution in [0.2, 0.25) is 0 Å². The van der Waals surface area contributed by atoms with Crippen molar-refractivity contribution in [3.05, 3.63) is 116 Å². The fraction of sp³-hybridized carbons (Fsp3) is 0.0312. The highest BCUT2D eigenvalue weighted by atomic mass is 19.4. The van der Waals surface area contributed by atoms with Crippen molar-refractivity contribution in [1.82, 2.24) is 40.3 Å². The molecule has 7 aromatic rings.